The van der Waals surface area contributed by atoms with Gasteiger partial charge in [0.15, 0.2) is 5.65 Å². The lowest BCUT2D eigenvalue weighted by Gasteiger charge is -2.38. The second-order valence-electron chi connectivity index (χ2n) is 11.9. The van der Waals surface area contributed by atoms with Crippen LogP contribution < -0.4 is 14.8 Å². The van der Waals surface area contributed by atoms with Gasteiger partial charge in [-0.25, -0.2) is 12.4 Å². The van der Waals surface area contributed by atoms with Crippen LogP contribution in [0.3, 0.4) is 0 Å². The smallest absolute Gasteiger partial charge is 0.269 e. The van der Waals surface area contributed by atoms with E-state index in [2.05, 4.69) is 27.2 Å². The third-order valence-electron chi connectivity index (χ3n) is 8.29. The van der Waals surface area contributed by atoms with Crippen molar-refractivity contribution in [3.63, 3.8) is 0 Å². The van der Waals surface area contributed by atoms with E-state index >= 15 is 0 Å². The minimum Gasteiger partial charge on any atom is -0.495 e. The number of fused-ring (bicyclic) bond motifs is 1. The number of nitrogens with one attached hydrogen (secondary N) is 1. The Bertz CT molecular complexity index is 1820. The van der Waals surface area contributed by atoms with Gasteiger partial charge in [-0.15, -0.1) is 0 Å². The first-order valence-electron chi connectivity index (χ1n) is 14.8. The molecule has 3 heterocycles. The van der Waals surface area contributed by atoms with Gasteiger partial charge in [-0.1, -0.05) is 17.7 Å². The van der Waals surface area contributed by atoms with Crippen LogP contribution in [0.2, 0.25) is 0 Å². The van der Waals surface area contributed by atoms with Crippen molar-refractivity contribution in [2.45, 2.75) is 44.6 Å². The van der Waals surface area contributed by atoms with Gasteiger partial charge in [0, 0.05) is 37.4 Å². The van der Waals surface area contributed by atoms with Crippen LogP contribution in [-0.4, -0.2) is 84.5 Å². The largest absolute Gasteiger partial charge is 0.495 e. The van der Waals surface area contributed by atoms with Gasteiger partial charge in [-0.05, 0) is 82.5 Å². The first-order valence-corrected chi connectivity index (χ1v) is 16.3. The van der Waals surface area contributed by atoms with Crippen molar-refractivity contribution in [2.75, 3.05) is 45.7 Å². The normalized spacial score (nSPS) is 17.6. The Hall–Kier alpha value is -4.16. The molecule has 2 aromatic carbocycles. The van der Waals surface area contributed by atoms with Crippen molar-refractivity contribution in [1.82, 2.24) is 23.7 Å². The third-order valence-corrected chi connectivity index (χ3v) is 9.95. The van der Waals surface area contributed by atoms with Gasteiger partial charge in [-0.2, -0.15) is 9.97 Å². The van der Waals surface area contributed by atoms with Crippen LogP contribution in [0.15, 0.2) is 53.6 Å². The van der Waals surface area contributed by atoms with Crippen molar-refractivity contribution in [3.05, 3.63) is 65.4 Å². The molecule has 44 heavy (non-hydrogen) atoms. The van der Waals surface area contributed by atoms with E-state index in [0.717, 1.165) is 31.5 Å². The number of carbonyl (C=O) groups is 1. The number of aromatic nitrogens is 3. The fourth-order valence-corrected chi connectivity index (χ4v) is 6.90. The van der Waals surface area contributed by atoms with Crippen molar-refractivity contribution >= 4 is 38.6 Å². The predicted octanol–water partition coefficient (Wildman–Crippen LogP) is 4.60. The number of rotatable bonds is 9. The molecule has 12 heteroatoms. The fourth-order valence-electron chi connectivity index (χ4n) is 5.54. The molecule has 11 nitrogen and oxygen atoms in total. The molecule has 0 bridgehead atoms. The van der Waals surface area contributed by atoms with E-state index in [4.69, 9.17) is 9.47 Å². The van der Waals surface area contributed by atoms with Gasteiger partial charge in [0.25, 0.3) is 15.9 Å². The number of methoxy groups -OCH3 is 1. The number of likely N-dealkylation sites (N-methyl/N-ethyl adjacent to an activating group) is 1. The highest BCUT2D eigenvalue weighted by molar-refractivity contribution is 7.90. The van der Waals surface area contributed by atoms with Crippen LogP contribution in [0.1, 0.15) is 41.3 Å². The maximum absolute atomic E-state index is 13.8. The predicted molar refractivity (Wildman–Crippen MR) is 169 cm³/mol. The summed E-state index contributed by atoms with van der Waals surface area (Å²) in [6.07, 6.45) is 3.75. The van der Waals surface area contributed by atoms with Crippen molar-refractivity contribution < 1.29 is 22.7 Å². The zero-order chi connectivity index (χ0) is 31.2. The van der Waals surface area contributed by atoms with Crippen LogP contribution in [0.4, 0.5) is 11.6 Å². The van der Waals surface area contributed by atoms with E-state index < -0.39 is 10.0 Å². The molecular weight excluding hydrogens is 580 g/mol. The van der Waals surface area contributed by atoms with Crippen molar-refractivity contribution in [3.8, 4) is 11.6 Å². The number of anilines is 2. The van der Waals surface area contributed by atoms with Crippen LogP contribution in [0, 0.1) is 19.8 Å². The van der Waals surface area contributed by atoms with Gasteiger partial charge in [0.1, 0.15) is 5.75 Å². The number of aryl methyl sites for hydroxylation is 2. The molecule has 232 valence electrons. The van der Waals surface area contributed by atoms with Crippen LogP contribution in [0.25, 0.3) is 11.0 Å². The summed E-state index contributed by atoms with van der Waals surface area (Å²) in [4.78, 5) is 27.0. The first-order chi connectivity index (χ1) is 21.0. The Morgan fingerprint density at radius 3 is 2.50 bits per heavy atom. The third kappa shape index (κ3) is 5.83. The topological polar surface area (TPSA) is 119 Å². The Kier molecular flexibility index (Phi) is 7.97. The van der Waals surface area contributed by atoms with Gasteiger partial charge >= 0.3 is 0 Å². The van der Waals surface area contributed by atoms with Crippen LogP contribution >= 0.6 is 0 Å². The molecule has 2 fully saturated rings. The second-order valence-corrected chi connectivity index (χ2v) is 13.7. The number of carbonyl (C=O) groups excluding carboxylic acids is 1. The Morgan fingerprint density at radius 1 is 1.07 bits per heavy atom. The second kappa shape index (κ2) is 11.7. The summed E-state index contributed by atoms with van der Waals surface area (Å²) < 4.78 is 40.6. The zero-order valence-electron chi connectivity index (χ0n) is 25.7. The Labute approximate surface area is 257 Å². The van der Waals surface area contributed by atoms with E-state index in [1.54, 1.807) is 48.7 Å². The Morgan fingerprint density at radius 2 is 1.82 bits per heavy atom. The molecule has 1 amide bonds. The monoisotopic (exact) mass is 618 g/mol. The number of benzene rings is 2. The lowest BCUT2D eigenvalue weighted by molar-refractivity contribution is 0.0533. The molecular formula is C32H38N6O5S. The Balaban J connectivity index is 1.37. The number of hydrogen-bond donors (Lipinski definition) is 1. The molecule has 2 aliphatic rings. The fraction of sp³-hybridized carbons (Fsp3) is 0.406. The molecule has 1 aliphatic carbocycles. The van der Waals surface area contributed by atoms with Crippen molar-refractivity contribution in [2.24, 2.45) is 5.92 Å². The molecule has 1 saturated carbocycles. The lowest BCUT2D eigenvalue weighted by Crippen LogP contribution is -2.52. The lowest BCUT2D eigenvalue weighted by atomic mass is 10.1. The standard InChI is InChI=1S/C32H38N6O5S/c1-20-6-11-25(12-7-20)44(40,41)38-17-21(2)28-29(38)34-32(35-30(28)43-19-23-8-9-23)33-26-13-10-24(16-27(26)42-5)31(39)37-15-14-36(4)18-22(37)3/h6-7,10-13,16-17,22-23H,8-9,14-15,18-19H2,1-5H3,(H,33,34,35)/t22-/m1/s1. The average molecular weight is 619 g/mol. The summed E-state index contributed by atoms with van der Waals surface area (Å²) in [5, 5.41) is 3.73. The SMILES string of the molecule is COc1cc(C(=O)N2CCN(C)C[C@H]2C)ccc1Nc1nc(OCC2CC2)c2c(C)cn(S(=O)(=O)c3ccc(C)cc3)c2n1. The summed E-state index contributed by atoms with van der Waals surface area (Å²) in [7, 11) is -0.373. The quantitative estimate of drug-likeness (QED) is 0.287. The van der Waals surface area contributed by atoms with E-state index in [9.17, 15) is 13.2 Å². The number of piperazine rings is 1. The number of amides is 1. The zero-order valence-corrected chi connectivity index (χ0v) is 26.5. The number of ether oxygens (including phenoxy) is 2. The summed E-state index contributed by atoms with van der Waals surface area (Å²) in [6.45, 7) is 8.56. The summed E-state index contributed by atoms with van der Waals surface area (Å²) in [5.74, 6) is 1.30. The molecule has 1 atom stereocenters. The van der Waals surface area contributed by atoms with Crippen LogP contribution in [0.5, 0.6) is 11.6 Å². The first kappa shape index (κ1) is 29.9. The molecule has 0 unspecified atom stereocenters. The van der Waals surface area contributed by atoms with Crippen LogP contribution in [-0.2, 0) is 10.0 Å². The average Bonchev–Trinajstić information content (AvgIpc) is 3.77. The van der Waals surface area contributed by atoms with E-state index in [-0.39, 0.29) is 28.4 Å². The molecule has 0 radical (unpaired) electrons. The molecule has 1 aliphatic heterocycles. The highest BCUT2D eigenvalue weighted by Crippen LogP contribution is 2.36. The molecule has 2 aromatic heterocycles. The van der Waals surface area contributed by atoms with Gasteiger partial charge in [0.2, 0.25) is 11.8 Å². The molecule has 6 rings (SSSR count). The molecule has 0 spiro atoms. The maximum Gasteiger partial charge on any atom is 0.269 e. The summed E-state index contributed by atoms with van der Waals surface area (Å²) >= 11 is 0. The highest BCUT2D eigenvalue weighted by Gasteiger charge is 2.29. The van der Waals surface area contributed by atoms with Gasteiger partial charge in [-0.3, -0.25) is 4.79 Å². The summed E-state index contributed by atoms with van der Waals surface area (Å²) in [6, 6.07) is 12.0. The van der Waals surface area contributed by atoms with E-state index in [1.165, 1.54) is 11.1 Å². The minimum absolute atomic E-state index is 0.0569. The van der Waals surface area contributed by atoms with Crippen molar-refractivity contribution in [1.29, 1.82) is 0 Å². The number of hydrogen-bond acceptors (Lipinski definition) is 9. The number of nitrogens with zero attached hydrogens (tertiary/aromatic N) is 5. The maximum atomic E-state index is 13.8. The van der Waals surface area contributed by atoms with Gasteiger partial charge in [0.05, 0.1) is 29.7 Å². The highest BCUT2D eigenvalue weighted by atomic mass is 32.2. The molecule has 1 saturated heterocycles. The van der Waals surface area contributed by atoms with E-state index in [0.29, 0.717) is 52.9 Å². The van der Waals surface area contributed by atoms with Gasteiger partial charge < -0.3 is 24.6 Å². The molecule has 4 aromatic rings. The molecule has 1 N–H and O–H groups in total. The minimum atomic E-state index is -3.96. The summed E-state index contributed by atoms with van der Waals surface area (Å²) in [5.41, 5.74) is 2.90. The van der Waals surface area contributed by atoms with E-state index in [1.807, 2.05) is 25.7 Å².